The van der Waals surface area contributed by atoms with E-state index in [0.29, 0.717) is 6.04 Å². The molecule has 0 spiro atoms. The lowest BCUT2D eigenvalue weighted by Crippen LogP contribution is -2.29. The number of amides is 1. The average Bonchev–Trinajstić information content (AvgIpc) is 3.23. The summed E-state index contributed by atoms with van der Waals surface area (Å²) >= 11 is 1.54. The number of carbonyl (C=O) groups excluding carboxylic acids is 1. The number of fused-ring (bicyclic) bond motifs is 1. The second-order valence-corrected chi connectivity index (χ2v) is 7.06. The lowest BCUT2D eigenvalue weighted by atomic mass is 10.2. The molecule has 4 nitrogen and oxygen atoms in total. The Kier molecular flexibility index (Phi) is 3.45. The van der Waals surface area contributed by atoms with E-state index in [-0.39, 0.29) is 5.91 Å². The number of nitrogens with zero attached hydrogens (tertiary/aromatic N) is 3. The summed E-state index contributed by atoms with van der Waals surface area (Å²) in [6.07, 6.45) is 0.983. The van der Waals surface area contributed by atoms with Gasteiger partial charge in [-0.1, -0.05) is 12.1 Å². The number of para-hydroxylation sites is 2. The highest BCUT2D eigenvalue weighted by Crippen LogP contribution is 2.29. The summed E-state index contributed by atoms with van der Waals surface area (Å²) in [7, 11) is 0. The van der Waals surface area contributed by atoms with Gasteiger partial charge in [0.1, 0.15) is 5.82 Å². The third kappa shape index (κ3) is 2.36. The topological polar surface area (TPSA) is 38.1 Å². The van der Waals surface area contributed by atoms with E-state index in [0.717, 1.165) is 46.8 Å². The number of imidazole rings is 1. The minimum atomic E-state index is 0.169. The highest BCUT2D eigenvalue weighted by atomic mass is 32.1. The minimum absolute atomic E-state index is 0.169. The summed E-state index contributed by atoms with van der Waals surface area (Å²) in [5.41, 5.74) is 3.27. The zero-order valence-corrected chi connectivity index (χ0v) is 14.1. The smallest absolute Gasteiger partial charge is 0.264 e. The van der Waals surface area contributed by atoms with E-state index in [2.05, 4.69) is 15.6 Å². The Hall–Kier alpha value is -2.14. The van der Waals surface area contributed by atoms with Crippen LogP contribution in [0.5, 0.6) is 0 Å². The van der Waals surface area contributed by atoms with Gasteiger partial charge >= 0.3 is 0 Å². The maximum absolute atomic E-state index is 12.7. The highest BCUT2D eigenvalue weighted by Gasteiger charge is 2.30. The molecule has 1 unspecified atom stereocenters. The molecule has 3 heterocycles. The van der Waals surface area contributed by atoms with Crippen LogP contribution in [0.15, 0.2) is 35.7 Å². The van der Waals surface area contributed by atoms with Gasteiger partial charge in [0.15, 0.2) is 0 Å². The van der Waals surface area contributed by atoms with Crippen LogP contribution in [-0.4, -0.2) is 33.4 Å². The van der Waals surface area contributed by atoms with Crippen LogP contribution in [0.1, 0.15) is 33.5 Å². The molecule has 1 saturated heterocycles. The Morgan fingerprint density at radius 3 is 2.87 bits per heavy atom. The molecule has 4 rings (SSSR count). The molecule has 118 valence electrons. The number of thiophene rings is 1. The number of hydrogen-bond acceptors (Lipinski definition) is 3. The number of benzene rings is 1. The van der Waals surface area contributed by atoms with E-state index in [1.807, 2.05) is 48.4 Å². The number of aryl methyl sites for hydroxylation is 2. The molecule has 2 aromatic heterocycles. The van der Waals surface area contributed by atoms with Crippen molar-refractivity contribution >= 4 is 28.3 Å². The highest BCUT2D eigenvalue weighted by molar-refractivity contribution is 7.12. The molecule has 0 radical (unpaired) electrons. The first-order valence-corrected chi connectivity index (χ1v) is 8.80. The zero-order chi connectivity index (χ0) is 16.0. The van der Waals surface area contributed by atoms with Crippen LogP contribution >= 0.6 is 11.3 Å². The largest absolute Gasteiger partial charge is 0.336 e. The zero-order valence-electron chi connectivity index (χ0n) is 13.3. The summed E-state index contributed by atoms with van der Waals surface area (Å²) in [5, 5.41) is 1.99. The van der Waals surface area contributed by atoms with Crippen molar-refractivity contribution in [3.63, 3.8) is 0 Å². The monoisotopic (exact) mass is 325 g/mol. The normalized spacial score (nSPS) is 18.0. The van der Waals surface area contributed by atoms with Gasteiger partial charge in [-0.05, 0) is 49.4 Å². The molecule has 1 atom stereocenters. The lowest BCUT2D eigenvalue weighted by molar-refractivity contribution is 0.0792. The maximum atomic E-state index is 12.7. The third-order valence-corrected chi connectivity index (χ3v) is 5.65. The summed E-state index contributed by atoms with van der Waals surface area (Å²) in [4.78, 5) is 20.2. The molecule has 23 heavy (non-hydrogen) atoms. The van der Waals surface area contributed by atoms with Crippen molar-refractivity contribution in [1.29, 1.82) is 0 Å². The molecule has 1 aromatic carbocycles. The Bertz CT molecular complexity index is 879. The van der Waals surface area contributed by atoms with E-state index in [9.17, 15) is 4.79 Å². The lowest BCUT2D eigenvalue weighted by Gasteiger charge is -2.18. The molecule has 1 aliphatic rings. The van der Waals surface area contributed by atoms with Crippen LogP contribution < -0.4 is 0 Å². The molecule has 0 bridgehead atoms. The van der Waals surface area contributed by atoms with E-state index in [4.69, 9.17) is 0 Å². The van der Waals surface area contributed by atoms with Gasteiger partial charge in [0.2, 0.25) is 0 Å². The van der Waals surface area contributed by atoms with Crippen molar-refractivity contribution in [3.05, 3.63) is 52.0 Å². The molecular formula is C18H19N3OS. The van der Waals surface area contributed by atoms with Crippen LogP contribution in [0.3, 0.4) is 0 Å². The van der Waals surface area contributed by atoms with Gasteiger partial charge in [-0.2, -0.15) is 0 Å². The predicted molar refractivity (Wildman–Crippen MR) is 93.1 cm³/mol. The van der Waals surface area contributed by atoms with Gasteiger partial charge in [-0.15, -0.1) is 11.3 Å². The summed E-state index contributed by atoms with van der Waals surface area (Å²) < 4.78 is 2.30. The molecule has 0 N–H and O–H groups in total. The van der Waals surface area contributed by atoms with E-state index < -0.39 is 0 Å². The van der Waals surface area contributed by atoms with E-state index >= 15 is 0 Å². The first kappa shape index (κ1) is 14.5. The standard InChI is InChI=1S/C18H19N3OS/c1-12-8-10-23-17(12)18(22)20-9-7-14(11-20)21-13(2)19-15-5-3-4-6-16(15)21/h3-6,8,10,14H,7,9,11H2,1-2H3. The fourth-order valence-electron chi connectivity index (χ4n) is 3.50. The number of carbonyl (C=O) groups is 1. The fraction of sp³-hybridized carbons (Fsp3) is 0.333. The molecule has 1 fully saturated rings. The molecule has 1 amide bonds. The second kappa shape index (κ2) is 5.49. The minimum Gasteiger partial charge on any atom is -0.336 e. The summed E-state index contributed by atoms with van der Waals surface area (Å²) in [6, 6.07) is 10.6. The number of likely N-dealkylation sites (tertiary alicyclic amines) is 1. The van der Waals surface area contributed by atoms with Gasteiger partial charge in [0, 0.05) is 13.1 Å². The third-order valence-electron chi connectivity index (χ3n) is 4.64. The molecule has 0 saturated carbocycles. The van der Waals surface area contributed by atoms with Crippen LogP contribution in [0.4, 0.5) is 0 Å². The quantitative estimate of drug-likeness (QED) is 0.719. The van der Waals surface area contributed by atoms with Gasteiger partial charge < -0.3 is 9.47 Å². The molecule has 1 aliphatic heterocycles. The Balaban J connectivity index is 1.62. The van der Waals surface area contributed by atoms with E-state index in [1.54, 1.807) is 0 Å². The average molecular weight is 325 g/mol. The van der Waals surface area contributed by atoms with Gasteiger partial charge in [-0.25, -0.2) is 4.98 Å². The molecule has 5 heteroatoms. The summed E-state index contributed by atoms with van der Waals surface area (Å²) in [6.45, 7) is 5.63. The van der Waals surface area contributed by atoms with Crippen molar-refractivity contribution in [2.75, 3.05) is 13.1 Å². The van der Waals surface area contributed by atoms with Crippen LogP contribution in [0, 0.1) is 13.8 Å². The number of rotatable bonds is 2. The van der Waals surface area contributed by atoms with Gasteiger partial charge in [0.25, 0.3) is 5.91 Å². The predicted octanol–water partition coefficient (Wildman–Crippen LogP) is 3.80. The van der Waals surface area contributed by atoms with Crippen molar-refractivity contribution in [3.8, 4) is 0 Å². The number of aromatic nitrogens is 2. The van der Waals surface area contributed by atoms with Gasteiger partial charge in [0.05, 0.1) is 22.0 Å². The van der Waals surface area contributed by atoms with Crippen molar-refractivity contribution in [2.24, 2.45) is 0 Å². The van der Waals surface area contributed by atoms with Crippen LogP contribution in [0.25, 0.3) is 11.0 Å². The van der Waals surface area contributed by atoms with Crippen molar-refractivity contribution in [1.82, 2.24) is 14.5 Å². The second-order valence-electron chi connectivity index (χ2n) is 6.14. The fourth-order valence-corrected chi connectivity index (χ4v) is 4.39. The van der Waals surface area contributed by atoms with Crippen molar-refractivity contribution < 1.29 is 4.79 Å². The van der Waals surface area contributed by atoms with Crippen molar-refractivity contribution in [2.45, 2.75) is 26.3 Å². The van der Waals surface area contributed by atoms with Crippen LogP contribution in [0.2, 0.25) is 0 Å². The van der Waals surface area contributed by atoms with E-state index in [1.165, 1.54) is 11.3 Å². The Morgan fingerprint density at radius 1 is 1.26 bits per heavy atom. The number of hydrogen-bond donors (Lipinski definition) is 0. The molecular weight excluding hydrogens is 306 g/mol. The molecule has 3 aromatic rings. The van der Waals surface area contributed by atoms with Gasteiger partial charge in [-0.3, -0.25) is 4.79 Å². The first-order valence-electron chi connectivity index (χ1n) is 7.92. The Morgan fingerprint density at radius 2 is 2.09 bits per heavy atom. The SMILES string of the molecule is Cc1ccsc1C(=O)N1CCC(n2c(C)nc3ccccc32)C1. The summed E-state index contributed by atoms with van der Waals surface area (Å²) in [5.74, 6) is 1.19. The van der Waals surface area contributed by atoms with Crippen LogP contribution in [-0.2, 0) is 0 Å². The first-order chi connectivity index (χ1) is 11.1. The Labute approximate surface area is 139 Å². The maximum Gasteiger partial charge on any atom is 0.264 e. The molecule has 0 aliphatic carbocycles.